The van der Waals surface area contributed by atoms with Crippen molar-refractivity contribution in [1.82, 2.24) is 0 Å². The van der Waals surface area contributed by atoms with Gasteiger partial charge in [0, 0.05) is 16.9 Å². The minimum Gasteiger partial charge on any atom is -0.399 e. The number of nitrogens with two attached hydrogens (primary N) is 2. The molecule has 2 aromatic rings. The molecule has 2 rings (SSSR count). The van der Waals surface area contributed by atoms with Crippen LogP contribution in [0.2, 0.25) is 0 Å². The number of anilines is 2. The van der Waals surface area contributed by atoms with Crippen molar-refractivity contribution in [2.24, 2.45) is 0 Å². The van der Waals surface area contributed by atoms with Crippen LogP contribution in [0.3, 0.4) is 0 Å². The van der Waals surface area contributed by atoms with Gasteiger partial charge in [0.15, 0.2) is 0 Å². The molecule has 0 aliphatic heterocycles. The van der Waals surface area contributed by atoms with Crippen LogP contribution >= 0.6 is 0 Å². The summed E-state index contributed by atoms with van der Waals surface area (Å²) in [5.74, 6) is 0. The van der Waals surface area contributed by atoms with Gasteiger partial charge in [-0.15, -0.1) is 0 Å². The molecule has 166 valence electrons. The van der Waals surface area contributed by atoms with Crippen LogP contribution in [-0.4, -0.2) is 15.0 Å². The number of hydrogen-bond donors (Lipinski definition) is 2. The van der Waals surface area contributed by atoms with Crippen molar-refractivity contribution in [2.45, 2.75) is 76.0 Å². The van der Waals surface area contributed by atoms with Crippen LogP contribution in [0.5, 0.6) is 0 Å². The van der Waals surface area contributed by atoms with Crippen LogP contribution in [0.4, 0.5) is 11.4 Å². The molecule has 0 bridgehead atoms. The maximum absolute atomic E-state index is 12.8. The SMILES string of the molecule is CCCCCCCCCCCCOS(=O)(=O)c1cc(N)ccc1-c1ccc(N)cc1. The maximum atomic E-state index is 12.8. The molecule has 0 radical (unpaired) electrons. The smallest absolute Gasteiger partial charge is 0.297 e. The van der Waals surface area contributed by atoms with E-state index >= 15 is 0 Å². The highest BCUT2D eigenvalue weighted by molar-refractivity contribution is 7.87. The molecular weight excluding hydrogens is 396 g/mol. The largest absolute Gasteiger partial charge is 0.399 e. The second kappa shape index (κ2) is 12.6. The summed E-state index contributed by atoms with van der Waals surface area (Å²) in [6.45, 7) is 2.42. The molecule has 30 heavy (non-hydrogen) atoms. The molecule has 0 unspecified atom stereocenters. The summed E-state index contributed by atoms with van der Waals surface area (Å²) < 4.78 is 30.9. The summed E-state index contributed by atoms with van der Waals surface area (Å²) in [6.07, 6.45) is 11.9. The third-order valence-electron chi connectivity index (χ3n) is 5.23. The second-order valence-corrected chi connectivity index (χ2v) is 9.42. The molecule has 0 heterocycles. The van der Waals surface area contributed by atoms with Crippen molar-refractivity contribution in [1.29, 1.82) is 0 Å². The first-order chi connectivity index (χ1) is 14.4. The van der Waals surface area contributed by atoms with Crippen molar-refractivity contribution < 1.29 is 12.6 Å². The molecule has 5 nitrogen and oxygen atoms in total. The lowest BCUT2D eigenvalue weighted by Gasteiger charge is -2.12. The molecule has 6 heteroatoms. The average molecular weight is 433 g/mol. The Morgan fingerprint density at radius 2 is 1.27 bits per heavy atom. The fraction of sp³-hybridized carbons (Fsp3) is 0.500. The number of nitrogen functional groups attached to an aromatic ring is 2. The van der Waals surface area contributed by atoms with E-state index in [1.165, 1.54) is 51.0 Å². The monoisotopic (exact) mass is 432 g/mol. The van der Waals surface area contributed by atoms with Crippen molar-refractivity contribution >= 4 is 21.5 Å². The van der Waals surface area contributed by atoms with Gasteiger partial charge >= 0.3 is 0 Å². The Balaban J connectivity index is 1.83. The van der Waals surface area contributed by atoms with Gasteiger partial charge < -0.3 is 11.5 Å². The van der Waals surface area contributed by atoms with E-state index in [1.807, 2.05) is 0 Å². The maximum Gasteiger partial charge on any atom is 0.297 e. The summed E-state index contributed by atoms with van der Waals surface area (Å²) in [5.41, 5.74) is 13.9. The summed E-state index contributed by atoms with van der Waals surface area (Å²) in [5, 5.41) is 0. The summed E-state index contributed by atoms with van der Waals surface area (Å²) >= 11 is 0. The third kappa shape index (κ3) is 8.00. The standard InChI is InChI=1S/C24H36N2O3S/c1-2-3-4-5-6-7-8-9-10-11-18-29-30(27,28)24-19-22(26)16-17-23(24)20-12-14-21(25)15-13-20/h12-17,19H,2-11,18,25-26H2,1H3. The van der Waals surface area contributed by atoms with Crippen LogP contribution in [0, 0.1) is 0 Å². The zero-order valence-electron chi connectivity index (χ0n) is 18.1. The van der Waals surface area contributed by atoms with Gasteiger partial charge in [-0.05, 0) is 36.2 Å². The third-order valence-corrected chi connectivity index (χ3v) is 6.59. The van der Waals surface area contributed by atoms with Gasteiger partial charge in [-0.3, -0.25) is 4.18 Å². The van der Waals surface area contributed by atoms with Crippen LogP contribution in [0.25, 0.3) is 11.1 Å². The summed E-state index contributed by atoms with van der Waals surface area (Å²) in [4.78, 5) is 0.0966. The van der Waals surface area contributed by atoms with E-state index in [-0.39, 0.29) is 11.5 Å². The highest BCUT2D eigenvalue weighted by atomic mass is 32.2. The number of benzene rings is 2. The Kier molecular flexibility index (Phi) is 10.2. The molecule has 0 atom stereocenters. The lowest BCUT2D eigenvalue weighted by atomic mass is 10.1. The number of unbranched alkanes of at least 4 members (excludes halogenated alkanes) is 9. The lowest BCUT2D eigenvalue weighted by Crippen LogP contribution is -2.10. The van der Waals surface area contributed by atoms with Gasteiger partial charge in [-0.25, -0.2) is 0 Å². The molecule has 0 aliphatic rings. The minimum absolute atomic E-state index is 0.0966. The molecular formula is C24H36N2O3S. The normalized spacial score (nSPS) is 11.6. The van der Waals surface area contributed by atoms with Crippen molar-refractivity contribution in [3.8, 4) is 11.1 Å². The van der Waals surface area contributed by atoms with Crippen LogP contribution in [-0.2, 0) is 14.3 Å². The van der Waals surface area contributed by atoms with E-state index in [0.29, 0.717) is 16.9 Å². The molecule has 0 spiro atoms. The second-order valence-electron chi connectivity index (χ2n) is 7.84. The predicted molar refractivity (Wildman–Crippen MR) is 126 cm³/mol. The molecule has 4 N–H and O–H groups in total. The molecule has 0 saturated carbocycles. The zero-order chi connectivity index (χ0) is 21.8. The highest BCUT2D eigenvalue weighted by Crippen LogP contribution is 2.31. The molecule has 0 aliphatic carbocycles. The van der Waals surface area contributed by atoms with Gasteiger partial charge in [0.1, 0.15) is 4.90 Å². The number of hydrogen-bond acceptors (Lipinski definition) is 5. The van der Waals surface area contributed by atoms with Crippen LogP contribution in [0.1, 0.15) is 71.1 Å². The summed E-state index contributed by atoms with van der Waals surface area (Å²) in [7, 11) is -3.89. The first kappa shape index (κ1) is 24.2. The first-order valence-corrected chi connectivity index (χ1v) is 12.5. The van der Waals surface area contributed by atoms with E-state index < -0.39 is 10.1 Å². The van der Waals surface area contributed by atoms with E-state index in [9.17, 15) is 8.42 Å². The van der Waals surface area contributed by atoms with Crippen LogP contribution < -0.4 is 11.5 Å². The predicted octanol–water partition coefficient (Wildman–Crippen LogP) is 6.14. The Bertz CT molecular complexity index is 865. The highest BCUT2D eigenvalue weighted by Gasteiger charge is 2.21. The van der Waals surface area contributed by atoms with Gasteiger partial charge in [-0.1, -0.05) is 82.9 Å². The van der Waals surface area contributed by atoms with Gasteiger partial charge in [0.25, 0.3) is 10.1 Å². The van der Waals surface area contributed by atoms with Gasteiger partial charge in [0.2, 0.25) is 0 Å². The van der Waals surface area contributed by atoms with E-state index in [2.05, 4.69) is 6.92 Å². The topological polar surface area (TPSA) is 95.4 Å². The average Bonchev–Trinajstić information content (AvgIpc) is 2.72. The lowest BCUT2D eigenvalue weighted by molar-refractivity contribution is 0.306. The summed E-state index contributed by atoms with van der Waals surface area (Å²) in [6, 6.07) is 11.9. The molecule has 0 fully saturated rings. The minimum atomic E-state index is -3.89. The fourth-order valence-corrected chi connectivity index (χ4v) is 4.67. The molecule has 0 amide bonds. The van der Waals surface area contributed by atoms with Gasteiger partial charge in [0.05, 0.1) is 6.61 Å². The zero-order valence-corrected chi connectivity index (χ0v) is 18.9. The Morgan fingerprint density at radius 3 is 1.87 bits per heavy atom. The molecule has 0 aromatic heterocycles. The number of rotatable bonds is 14. The van der Waals surface area contributed by atoms with Gasteiger partial charge in [-0.2, -0.15) is 8.42 Å². The fourth-order valence-electron chi connectivity index (χ4n) is 3.47. The molecule has 2 aromatic carbocycles. The molecule has 0 saturated heterocycles. The van der Waals surface area contributed by atoms with Crippen molar-refractivity contribution in [3.05, 3.63) is 42.5 Å². The van der Waals surface area contributed by atoms with Crippen molar-refractivity contribution in [2.75, 3.05) is 18.1 Å². The van der Waals surface area contributed by atoms with Crippen LogP contribution in [0.15, 0.2) is 47.4 Å². The Labute approximate surface area is 181 Å². The first-order valence-electron chi connectivity index (χ1n) is 11.1. The van der Waals surface area contributed by atoms with E-state index in [4.69, 9.17) is 15.7 Å². The Hall–Kier alpha value is -2.05. The quantitative estimate of drug-likeness (QED) is 0.212. The van der Waals surface area contributed by atoms with E-state index in [0.717, 1.165) is 24.8 Å². The van der Waals surface area contributed by atoms with Crippen molar-refractivity contribution in [3.63, 3.8) is 0 Å². The van der Waals surface area contributed by atoms with E-state index in [1.54, 1.807) is 36.4 Å². The Morgan fingerprint density at radius 1 is 0.733 bits per heavy atom.